The second-order valence-corrected chi connectivity index (χ2v) is 7.35. The molecule has 1 saturated carbocycles. The summed E-state index contributed by atoms with van der Waals surface area (Å²) in [5.41, 5.74) is -1.21. The van der Waals surface area contributed by atoms with Crippen molar-refractivity contribution in [3.8, 4) is 0 Å². The molecule has 0 aromatic heterocycles. The highest BCUT2D eigenvalue weighted by Crippen LogP contribution is 2.29. The molecule has 1 aromatic rings. The van der Waals surface area contributed by atoms with E-state index in [0.29, 0.717) is 12.8 Å². The largest absolute Gasteiger partial charge is 0.478 e. The molecule has 0 atom stereocenters. The lowest BCUT2D eigenvalue weighted by Crippen LogP contribution is -2.40. The summed E-state index contributed by atoms with van der Waals surface area (Å²) < 4.78 is 26.8. The summed E-state index contributed by atoms with van der Waals surface area (Å²) in [6, 6.07) is 3.46. The molecule has 6 nitrogen and oxygen atoms in total. The lowest BCUT2D eigenvalue weighted by Gasteiger charge is -2.22. The summed E-state index contributed by atoms with van der Waals surface area (Å²) in [7, 11) is -3.98. The number of carboxylic acids is 1. The smallest absolute Gasteiger partial charge is 0.335 e. The predicted molar refractivity (Wildman–Crippen MR) is 77.0 cm³/mol. The van der Waals surface area contributed by atoms with Gasteiger partial charge in [0.25, 0.3) is 0 Å². The van der Waals surface area contributed by atoms with Crippen molar-refractivity contribution in [3.63, 3.8) is 0 Å². The summed E-state index contributed by atoms with van der Waals surface area (Å²) >= 11 is 5.84. The molecule has 8 heteroatoms. The Morgan fingerprint density at radius 3 is 2.52 bits per heavy atom. The highest BCUT2D eigenvalue weighted by Gasteiger charge is 2.33. The van der Waals surface area contributed by atoms with Crippen molar-refractivity contribution in [1.29, 1.82) is 0 Å². The fraction of sp³-hybridized carbons (Fsp3) is 0.462. The Morgan fingerprint density at radius 1 is 1.33 bits per heavy atom. The van der Waals surface area contributed by atoms with Crippen LogP contribution in [0, 0.1) is 0 Å². The number of carboxylic acid groups (broad SMARTS) is 1. The van der Waals surface area contributed by atoms with Crippen LogP contribution >= 0.6 is 11.6 Å². The van der Waals surface area contributed by atoms with Crippen molar-refractivity contribution < 1.29 is 23.4 Å². The van der Waals surface area contributed by atoms with Gasteiger partial charge in [-0.15, -0.1) is 0 Å². The van der Waals surface area contributed by atoms with Gasteiger partial charge in [0.15, 0.2) is 0 Å². The van der Waals surface area contributed by atoms with Crippen LogP contribution < -0.4 is 4.72 Å². The third kappa shape index (κ3) is 3.74. The number of benzene rings is 1. The van der Waals surface area contributed by atoms with Crippen LogP contribution in [0.5, 0.6) is 0 Å². The van der Waals surface area contributed by atoms with E-state index in [9.17, 15) is 18.3 Å². The molecule has 21 heavy (non-hydrogen) atoms. The van der Waals surface area contributed by atoms with Gasteiger partial charge in [0.05, 0.1) is 16.2 Å². The molecule has 116 valence electrons. The molecule has 1 fully saturated rings. The molecule has 0 radical (unpaired) electrons. The van der Waals surface area contributed by atoms with Crippen molar-refractivity contribution in [2.24, 2.45) is 0 Å². The average Bonchev–Trinajstić information content (AvgIpc) is 2.84. The van der Waals surface area contributed by atoms with Crippen molar-refractivity contribution in [1.82, 2.24) is 4.72 Å². The molecule has 1 aromatic carbocycles. The van der Waals surface area contributed by atoms with Crippen LogP contribution in [-0.2, 0) is 10.0 Å². The minimum atomic E-state index is -3.98. The number of hydrogen-bond acceptors (Lipinski definition) is 4. The summed E-state index contributed by atoms with van der Waals surface area (Å²) in [6.45, 7) is -0.108. The maximum absolute atomic E-state index is 12.2. The summed E-state index contributed by atoms with van der Waals surface area (Å²) in [6.07, 6.45) is 2.79. The number of rotatable bonds is 5. The van der Waals surface area contributed by atoms with E-state index in [0.717, 1.165) is 18.9 Å². The normalized spacial score (nSPS) is 17.8. The first kappa shape index (κ1) is 16.2. The van der Waals surface area contributed by atoms with Crippen LogP contribution in [0.25, 0.3) is 0 Å². The van der Waals surface area contributed by atoms with Gasteiger partial charge >= 0.3 is 5.97 Å². The van der Waals surface area contributed by atoms with Crippen LogP contribution in [0.1, 0.15) is 36.0 Å². The highest BCUT2D eigenvalue weighted by atomic mass is 35.5. The van der Waals surface area contributed by atoms with Gasteiger partial charge in [0.1, 0.15) is 4.90 Å². The molecule has 0 heterocycles. The molecule has 0 amide bonds. The molecular weight excluding hydrogens is 318 g/mol. The topological polar surface area (TPSA) is 104 Å². The number of hydrogen-bond donors (Lipinski definition) is 3. The lowest BCUT2D eigenvalue weighted by molar-refractivity contribution is 0.0531. The Morgan fingerprint density at radius 2 is 1.95 bits per heavy atom. The van der Waals surface area contributed by atoms with Crippen LogP contribution in [-0.4, -0.2) is 36.7 Å². The molecule has 0 aliphatic heterocycles. The molecule has 0 spiro atoms. The molecule has 3 N–H and O–H groups in total. The van der Waals surface area contributed by atoms with E-state index in [1.54, 1.807) is 0 Å². The monoisotopic (exact) mass is 333 g/mol. The van der Waals surface area contributed by atoms with Gasteiger partial charge in [-0.3, -0.25) is 0 Å². The standard InChI is InChI=1S/C13H16ClNO5S/c14-10-4-3-9(12(16)17)7-11(10)21(19,20)15-8-13(18)5-1-2-6-13/h3-4,7,15,18H,1-2,5-6,8H2,(H,16,17). The zero-order valence-electron chi connectivity index (χ0n) is 11.2. The molecule has 0 unspecified atom stereocenters. The first-order chi connectivity index (χ1) is 9.73. The third-order valence-corrected chi connectivity index (χ3v) is 5.48. The molecule has 1 aliphatic rings. The Hall–Kier alpha value is -1.15. The second-order valence-electron chi connectivity index (χ2n) is 5.21. The highest BCUT2D eigenvalue weighted by molar-refractivity contribution is 7.89. The van der Waals surface area contributed by atoms with E-state index >= 15 is 0 Å². The van der Waals surface area contributed by atoms with E-state index in [-0.39, 0.29) is 22.0 Å². The molecule has 0 bridgehead atoms. The molecule has 0 saturated heterocycles. The number of carbonyl (C=O) groups is 1. The minimum absolute atomic E-state index is 0.0640. The Bertz CT molecular complexity index is 653. The molecule has 2 rings (SSSR count). The van der Waals surface area contributed by atoms with E-state index in [4.69, 9.17) is 16.7 Å². The number of aromatic carboxylic acids is 1. The fourth-order valence-electron chi connectivity index (χ4n) is 2.36. The first-order valence-corrected chi connectivity index (χ1v) is 8.35. The van der Waals surface area contributed by atoms with Gasteiger partial charge in [-0.1, -0.05) is 24.4 Å². The zero-order valence-corrected chi connectivity index (χ0v) is 12.7. The second kappa shape index (κ2) is 5.92. The SMILES string of the molecule is O=C(O)c1ccc(Cl)c(S(=O)(=O)NCC2(O)CCCC2)c1. The van der Waals surface area contributed by atoms with Crippen molar-refractivity contribution in [3.05, 3.63) is 28.8 Å². The maximum atomic E-state index is 12.2. The Kier molecular flexibility index (Phi) is 4.57. The van der Waals surface area contributed by atoms with Crippen molar-refractivity contribution >= 4 is 27.6 Å². The molecular formula is C13H16ClNO5S. The summed E-state index contributed by atoms with van der Waals surface area (Å²) in [4.78, 5) is 10.6. The van der Waals surface area contributed by atoms with Crippen molar-refractivity contribution in [2.45, 2.75) is 36.2 Å². The van der Waals surface area contributed by atoms with Crippen LogP contribution in [0.4, 0.5) is 0 Å². The fourth-order valence-corrected chi connectivity index (χ4v) is 4.00. The van der Waals surface area contributed by atoms with Gasteiger partial charge in [-0.25, -0.2) is 17.9 Å². The number of halogens is 1. The summed E-state index contributed by atoms with van der Waals surface area (Å²) in [5, 5.41) is 19.0. The van der Waals surface area contributed by atoms with E-state index < -0.39 is 21.6 Å². The van der Waals surface area contributed by atoms with E-state index in [1.807, 2.05) is 0 Å². The Labute approximate surface area is 127 Å². The zero-order chi connectivity index (χ0) is 15.7. The minimum Gasteiger partial charge on any atom is -0.478 e. The van der Waals surface area contributed by atoms with Gasteiger partial charge in [0, 0.05) is 6.54 Å². The van der Waals surface area contributed by atoms with Crippen LogP contribution in [0.3, 0.4) is 0 Å². The number of nitrogens with one attached hydrogen (secondary N) is 1. The van der Waals surface area contributed by atoms with Crippen molar-refractivity contribution in [2.75, 3.05) is 6.54 Å². The van der Waals surface area contributed by atoms with Crippen LogP contribution in [0.2, 0.25) is 5.02 Å². The van der Waals surface area contributed by atoms with Gasteiger partial charge in [0.2, 0.25) is 10.0 Å². The Balaban J connectivity index is 2.23. The summed E-state index contributed by atoms with van der Waals surface area (Å²) in [5.74, 6) is -1.24. The van der Waals surface area contributed by atoms with E-state index in [1.165, 1.54) is 12.1 Å². The average molecular weight is 334 g/mol. The number of aliphatic hydroxyl groups is 1. The van der Waals surface area contributed by atoms with Crippen LogP contribution in [0.15, 0.2) is 23.1 Å². The van der Waals surface area contributed by atoms with Gasteiger partial charge in [-0.05, 0) is 31.0 Å². The molecule has 1 aliphatic carbocycles. The van der Waals surface area contributed by atoms with Gasteiger partial charge in [-0.2, -0.15) is 0 Å². The first-order valence-electron chi connectivity index (χ1n) is 6.48. The quantitative estimate of drug-likeness (QED) is 0.759. The number of sulfonamides is 1. The predicted octanol–water partition coefficient (Wildman–Crippen LogP) is 1.62. The van der Waals surface area contributed by atoms with E-state index in [2.05, 4.69) is 4.72 Å². The van der Waals surface area contributed by atoms with Gasteiger partial charge < -0.3 is 10.2 Å². The lowest BCUT2D eigenvalue weighted by atomic mass is 10.0. The third-order valence-electron chi connectivity index (χ3n) is 3.59. The maximum Gasteiger partial charge on any atom is 0.335 e.